The largest absolute Gasteiger partial charge is 0.469 e. The number of nitrogens with two attached hydrogens (primary N) is 1. The van der Waals surface area contributed by atoms with E-state index < -0.39 is 12.0 Å². The van der Waals surface area contributed by atoms with Gasteiger partial charge in [-0.15, -0.1) is 0 Å². The van der Waals surface area contributed by atoms with Gasteiger partial charge in [0.25, 0.3) is 5.91 Å². The Balaban J connectivity index is 0.00000576. The van der Waals surface area contributed by atoms with Crippen molar-refractivity contribution in [2.45, 2.75) is 45.8 Å². The molecule has 1 atom stereocenters. The van der Waals surface area contributed by atoms with Crippen LogP contribution in [0.25, 0.3) is 11.0 Å². The van der Waals surface area contributed by atoms with Crippen LogP contribution >= 0.6 is 0 Å². The predicted molar refractivity (Wildman–Crippen MR) is 175 cm³/mol. The number of aromatic amines is 1. The summed E-state index contributed by atoms with van der Waals surface area (Å²) in [7, 11) is 3.02. The average molecular weight is 641 g/mol. The number of H-pyrrole nitrogens is 1. The minimum Gasteiger partial charge on any atom is -0.469 e. The van der Waals surface area contributed by atoms with Crippen molar-refractivity contribution < 1.29 is 33.3 Å². The number of nitrogens with one attached hydrogen (secondary N) is 2. The summed E-state index contributed by atoms with van der Waals surface area (Å²) in [5, 5.41) is 3.20. The zero-order valence-corrected chi connectivity index (χ0v) is 26.1. The Bertz CT molecular complexity index is 1380. The van der Waals surface area contributed by atoms with E-state index >= 15 is 0 Å². The molecule has 1 aliphatic rings. The van der Waals surface area contributed by atoms with Crippen molar-refractivity contribution in [3.63, 3.8) is 0 Å². The summed E-state index contributed by atoms with van der Waals surface area (Å²) in [5.41, 5.74) is 9.15. The zero-order valence-electron chi connectivity index (χ0n) is 26.1. The number of rotatable bonds is 18. The van der Waals surface area contributed by atoms with E-state index in [1.807, 2.05) is 24.3 Å². The molecule has 1 aromatic heterocycles. The second kappa shape index (κ2) is 18.8. The Kier molecular flexibility index (Phi) is 14.9. The van der Waals surface area contributed by atoms with Gasteiger partial charge in [0.05, 0.1) is 57.5 Å². The summed E-state index contributed by atoms with van der Waals surface area (Å²) in [6, 6.07) is 12.2. The predicted octanol–water partition coefficient (Wildman–Crippen LogP) is 2.95. The first-order chi connectivity index (χ1) is 21.9. The van der Waals surface area contributed by atoms with E-state index in [0.717, 1.165) is 23.0 Å². The molecule has 0 bridgehead atoms. The third-order valence-corrected chi connectivity index (χ3v) is 7.38. The lowest BCUT2D eigenvalue weighted by Gasteiger charge is -2.24. The van der Waals surface area contributed by atoms with E-state index in [1.165, 1.54) is 7.11 Å². The van der Waals surface area contributed by atoms with Gasteiger partial charge >= 0.3 is 5.97 Å². The second-order valence-electron chi connectivity index (χ2n) is 10.8. The van der Waals surface area contributed by atoms with Gasteiger partial charge in [-0.1, -0.05) is 19.6 Å². The quantitative estimate of drug-likeness (QED) is 0.139. The van der Waals surface area contributed by atoms with Crippen LogP contribution in [0.1, 0.15) is 48.4 Å². The van der Waals surface area contributed by atoms with Crippen LogP contribution in [0.5, 0.6) is 0 Å². The van der Waals surface area contributed by atoms with Crippen LogP contribution in [0.15, 0.2) is 42.5 Å². The number of carbonyl (C=O) groups is 3. The van der Waals surface area contributed by atoms with Crippen molar-refractivity contribution in [2.24, 2.45) is 5.73 Å². The molecule has 1 aliphatic heterocycles. The molecule has 13 heteroatoms. The van der Waals surface area contributed by atoms with E-state index in [1.54, 1.807) is 35.0 Å². The highest BCUT2D eigenvalue weighted by atomic mass is 16.5. The van der Waals surface area contributed by atoms with Crippen LogP contribution in [0.2, 0.25) is 0 Å². The number of hydrogen-bond acceptors (Lipinski definition) is 10. The second-order valence-corrected chi connectivity index (χ2v) is 10.8. The third kappa shape index (κ3) is 10.5. The fourth-order valence-corrected chi connectivity index (χ4v) is 5.01. The molecule has 46 heavy (non-hydrogen) atoms. The van der Waals surface area contributed by atoms with Crippen molar-refractivity contribution in [3.8, 4) is 0 Å². The maximum atomic E-state index is 13.5. The molecule has 4 N–H and O–H groups in total. The number of benzene rings is 2. The summed E-state index contributed by atoms with van der Waals surface area (Å²) in [4.78, 5) is 50.1. The molecule has 252 valence electrons. The van der Waals surface area contributed by atoms with Gasteiger partial charge in [0.2, 0.25) is 5.91 Å². The molecule has 13 nitrogen and oxygen atoms in total. The fraction of sp³-hybridized carbons (Fsp3) is 0.515. The van der Waals surface area contributed by atoms with Crippen molar-refractivity contribution in [3.05, 3.63) is 59.4 Å². The molecule has 0 fully saturated rings. The molecule has 2 heterocycles. The number of ether oxygens (including phenoxy) is 4. The Hall–Kier alpha value is -4.04. The number of hydrogen-bond donors (Lipinski definition) is 3. The highest BCUT2D eigenvalue weighted by molar-refractivity contribution is 5.96. The van der Waals surface area contributed by atoms with Gasteiger partial charge in [0, 0.05) is 44.6 Å². The monoisotopic (exact) mass is 640 g/mol. The van der Waals surface area contributed by atoms with E-state index in [2.05, 4.69) is 15.3 Å². The van der Waals surface area contributed by atoms with Gasteiger partial charge in [-0.25, -0.2) is 4.98 Å². The lowest BCUT2D eigenvalue weighted by molar-refractivity contribution is -0.144. The molecule has 4 rings (SSSR count). The Labute approximate surface area is 270 Å². The van der Waals surface area contributed by atoms with Crippen LogP contribution in [0, 0.1) is 0 Å². The Morgan fingerprint density at radius 3 is 2.41 bits per heavy atom. The van der Waals surface area contributed by atoms with E-state index in [4.69, 9.17) is 24.7 Å². The van der Waals surface area contributed by atoms with E-state index in [9.17, 15) is 14.4 Å². The first-order valence-corrected chi connectivity index (χ1v) is 15.3. The van der Waals surface area contributed by atoms with Gasteiger partial charge in [0.15, 0.2) is 0 Å². The number of anilines is 1. The third-order valence-electron chi connectivity index (χ3n) is 7.38. The molecular formula is C33H48N6O7. The molecular weight excluding hydrogens is 592 g/mol. The van der Waals surface area contributed by atoms with Crippen LogP contribution in [-0.4, -0.2) is 110 Å². The summed E-state index contributed by atoms with van der Waals surface area (Å²) in [6.07, 6.45) is 1.30. The van der Waals surface area contributed by atoms with Crippen LogP contribution in [0.4, 0.5) is 5.69 Å². The highest BCUT2D eigenvalue weighted by Crippen LogP contribution is 2.26. The lowest BCUT2D eigenvalue weighted by Crippen LogP contribution is -2.42. The van der Waals surface area contributed by atoms with Crippen molar-refractivity contribution in [1.29, 1.82) is 0 Å². The van der Waals surface area contributed by atoms with Crippen LogP contribution in [-0.2, 0) is 41.6 Å². The van der Waals surface area contributed by atoms with E-state index in [0.29, 0.717) is 82.8 Å². The maximum Gasteiger partial charge on any atom is 0.308 e. The number of imidazole rings is 1. The standard InChI is InChI=1S/C32H44N6O7.CH4/c1-37(22-29-35-26-7-3-4-8-27(26)36-29)31(40)23-9-10-25-24(19-23)21-38(32(41)28(34-25)20-30(39)42-2)12-6-14-44-16-18-45-17-15-43-13-5-11-33;/h3-4,7-10,19,28,34H,5-6,11-18,20-22,33H2,1-2H3,(H,35,36);1H4/t28-;/m0./s1. The topological polar surface area (TPSA) is 161 Å². The first-order valence-electron chi connectivity index (χ1n) is 15.3. The van der Waals surface area contributed by atoms with Crippen molar-refractivity contribution in [2.75, 3.05) is 72.2 Å². The summed E-state index contributed by atoms with van der Waals surface area (Å²) < 4.78 is 21.4. The summed E-state index contributed by atoms with van der Waals surface area (Å²) in [6.45, 7) is 4.56. The Morgan fingerprint density at radius 2 is 1.72 bits per heavy atom. The van der Waals surface area contributed by atoms with Gasteiger partial charge < -0.3 is 44.8 Å². The lowest BCUT2D eigenvalue weighted by atomic mass is 10.1. The zero-order chi connectivity index (χ0) is 32.0. The van der Waals surface area contributed by atoms with Crippen LogP contribution < -0.4 is 11.1 Å². The van der Waals surface area contributed by atoms with Crippen molar-refractivity contribution >= 4 is 34.5 Å². The SMILES string of the molecule is C.COC(=O)C[C@@H]1Nc2ccc(C(=O)N(C)Cc3nc4ccccc4[nH]3)cc2CN(CCCOCCOCCOCCCN)C1=O. The summed E-state index contributed by atoms with van der Waals surface area (Å²) >= 11 is 0. The van der Waals surface area contributed by atoms with Gasteiger partial charge in [-0.3, -0.25) is 14.4 Å². The number of aromatic nitrogens is 2. The maximum absolute atomic E-state index is 13.5. The number of fused-ring (bicyclic) bond motifs is 2. The summed E-state index contributed by atoms with van der Waals surface area (Å²) in [5.74, 6) is -0.197. The number of para-hydroxylation sites is 2. The Morgan fingerprint density at radius 1 is 1.02 bits per heavy atom. The number of methoxy groups -OCH3 is 1. The molecule has 0 unspecified atom stereocenters. The molecule has 2 amide bonds. The first kappa shape index (κ1) is 36.4. The molecule has 0 saturated heterocycles. The molecule has 0 saturated carbocycles. The average Bonchev–Trinajstić information content (AvgIpc) is 3.40. The number of carbonyl (C=O) groups excluding carboxylic acids is 3. The van der Waals surface area contributed by atoms with Crippen LogP contribution in [0.3, 0.4) is 0 Å². The number of amides is 2. The van der Waals surface area contributed by atoms with Gasteiger partial charge in [-0.2, -0.15) is 0 Å². The number of esters is 1. The number of nitrogens with zero attached hydrogens (tertiary/aromatic N) is 3. The molecule has 0 spiro atoms. The minimum atomic E-state index is -0.794. The van der Waals surface area contributed by atoms with E-state index in [-0.39, 0.29) is 32.2 Å². The molecule has 3 aromatic rings. The molecule has 2 aromatic carbocycles. The van der Waals surface area contributed by atoms with Gasteiger partial charge in [-0.05, 0) is 55.3 Å². The highest BCUT2D eigenvalue weighted by Gasteiger charge is 2.31. The molecule has 0 aliphatic carbocycles. The van der Waals surface area contributed by atoms with Crippen molar-refractivity contribution in [1.82, 2.24) is 19.8 Å². The van der Waals surface area contributed by atoms with Gasteiger partial charge in [0.1, 0.15) is 11.9 Å². The normalized spacial score (nSPS) is 14.3. The smallest absolute Gasteiger partial charge is 0.308 e. The molecule has 0 radical (unpaired) electrons. The fourth-order valence-electron chi connectivity index (χ4n) is 5.01. The minimum absolute atomic E-state index is 0.